The normalized spacial score (nSPS) is 32.3. The van der Waals surface area contributed by atoms with Crippen molar-refractivity contribution >= 4 is 0 Å². The number of allylic oxidation sites excluding steroid dienone is 1. The molecule has 0 bridgehead atoms. The third-order valence-corrected chi connectivity index (χ3v) is 2.37. The molecule has 0 aromatic carbocycles. The van der Waals surface area contributed by atoms with Gasteiger partial charge < -0.3 is 0 Å². The highest BCUT2D eigenvalue weighted by atomic mass is 14.4. The molecule has 1 saturated carbocycles. The van der Waals surface area contributed by atoms with E-state index in [2.05, 4.69) is 25.7 Å². The molecule has 0 aromatic heterocycles. The molecule has 3 atom stereocenters. The van der Waals surface area contributed by atoms with Crippen molar-refractivity contribution in [1.29, 1.82) is 0 Å². The van der Waals surface area contributed by atoms with Gasteiger partial charge in [-0.3, -0.25) is 0 Å². The van der Waals surface area contributed by atoms with E-state index < -0.39 is 0 Å². The van der Waals surface area contributed by atoms with Gasteiger partial charge in [0.05, 0.1) is 0 Å². The van der Waals surface area contributed by atoms with Crippen molar-refractivity contribution in [1.82, 2.24) is 0 Å². The molecule has 1 fully saturated rings. The maximum Gasteiger partial charge on any atom is -0.0155 e. The van der Waals surface area contributed by atoms with E-state index in [1.807, 2.05) is 13.0 Å². The van der Waals surface area contributed by atoms with Crippen LogP contribution in [0.2, 0.25) is 0 Å². The smallest absolute Gasteiger partial charge is 0.0155 e. The van der Waals surface area contributed by atoms with Crippen LogP contribution in [0.1, 0.15) is 27.2 Å². The second-order valence-corrected chi connectivity index (χ2v) is 3.36. The number of hydrogen-bond acceptors (Lipinski definition) is 0. The third kappa shape index (κ3) is 1.75. The van der Waals surface area contributed by atoms with E-state index in [1.54, 1.807) is 0 Å². The molecule has 1 aliphatic carbocycles. The molecule has 0 aliphatic heterocycles. The van der Waals surface area contributed by atoms with Crippen LogP contribution in [-0.2, 0) is 0 Å². The van der Waals surface area contributed by atoms with Crippen LogP contribution < -0.4 is 0 Å². The Morgan fingerprint density at radius 3 is 2.60 bits per heavy atom. The number of hydrogen-bond donors (Lipinski definition) is 0. The summed E-state index contributed by atoms with van der Waals surface area (Å²) in [6, 6.07) is 0. The second-order valence-electron chi connectivity index (χ2n) is 3.36. The Morgan fingerprint density at radius 2 is 2.20 bits per heavy atom. The van der Waals surface area contributed by atoms with Crippen LogP contribution in [0.5, 0.6) is 0 Å². The first-order valence-electron chi connectivity index (χ1n) is 4.13. The lowest BCUT2D eigenvalue weighted by molar-refractivity contribution is 0.587. The van der Waals surface area contributed by atoms with Crippen LogP contribution in [0.4, 0.5) is 0 Å². The SMILES string of the molecule is CC=C=CC(C)C1CC1C. The summed E-state index contributed by atoms with van der Waals surface area (Å²) in [5, 5.41) is 0. The van der Waals surface area contributed by atoms with E-state index >= 15 is 0 Å². The molecule has 0 saturated heterocycles. The van der Waals surface area contributed by atoms with E-state index in [-0.39, 0.29) is 0 Å². The van der Waals surface area contributed by atoms with Gasteiger partial charge in [0.1, 0.15) is 0 Å². The van der Waals surface area contributed by atoms with Crippen molar-refractivity contribution in [3.8, 4) is 0 Å². The Kier molecular flexibility index (Phi) is 2.34. The summed E-state index contributed by atoms with van der Waals surface area (Å²) in [5.74, 6) is 2.66. The van der Waals surface area contributed by atoms with Crippen molar-refractivity contribution in [3.05, 3.63) is 17.9 Å². The molecule has 1 rings (SSSR count). The predicted octanol–water partition coefficient (Wildman–Crippen LogP) is 3.01. The van der Waals surface area contributed by atoms with Gasteiger partial charge in [0, 0.05) is 0 Å². The van der Waals surface area contributed by atoms with E-state index in [1.165, 1.54) is 6.42 Å². The largest absolute Gasteiger partial charge is 0.130 e. The zero-order chi connectivity index (χ0) is 7.56. The molecule has 0 spiro atoms. The zero-order valence-electron chi connectivity index (χ0n) is 7.09. The van der Waals surface area contributed by atoms with Crippen LogP contribution in [-0.4, -0.2) is 0 Å². The number of rotatable bonds is 2. The van der Waals surface area contributed by atoms with Crippen LogP contribution in [0, 0.1) is 17.8 Å². The molecule has 3 unspecified atom stereocenters. The molecule has 0 heteroatoms. The van der Waals surface area contributed by atoms with Gasteiger partial charge in [-0.25, -0.2) is 0 Å². The molecule has 56 valence electrons. The van der Waals surface area contributed by atoms with E-state index in [4.69, 9.17) is 0 Å². The van der Waals surface area contributed by atoms with Gasteiger partial charge in [-0.05, 0) is 43.3 Å². The lowest BCUT2D eigenvalue weighted by atomic mass is 10.1. The van der Waals surface area contributed by atoms with Crippen LogP contribution in [0.25, 0.3) is 0 Å². The van der Waals surface area contributed by atoms with E-state index in [0.717, 1.165) is 17.8 Å². The Balaban J connectivity index is 2.36. The van der Waals surface area contributed by atoms with Gasteiger partial charge in [0.25, 0.3) is 0 Å². The third-order valence-electron chi connectivity index (χ3n) is 2.37. The molecule has 0 aromatic rings. The van der Waals surface area contributed by atoms with Crippen molar-refractivity contribution in [3.63, 3.8) is 0 Å². The Labute approximate surface area is 63.6 Å². The van der Waals surface area contributed by atoms with Crippen LogP contribution >= 0.6 is 0 Å². The predicted molar refractivity (Wildman–Crippen MR) is 44.8 cm³/mol. The maximum atomic E-state index is 3.14. The topological polar surface area (TPSA) is 0 Å². The van der Waals surface area contributed by atoms with Gasteiger partial charge in [-0.1, -0.05) is 13.8 Å². The van der Waals surface area contributed by atoms with Crippen molar-refractivity contribution in [2.24, 2.45) is 17.8 Å². The fourth-order valence-electron chi connectivity index (χ4n) is 1.46. The average Bonchev–Trinajstić information content (AvgIpc) is 2.62. The summed E-state index contributed by atoms with van der Waals surface area (Å²) in [5.41, 5.74) is 3.14. The summed E-state index contributed by atoms with van der Waals surface area (Å²) in [4.78, 5) is 0. The van der Waals surface area contributed by atoms with Gasteiger partial charge in [0.2, 0.25) is 0 Å². The molecule has 0 N–H and O–H groups in total. The van der Waals surface area contributed by atoms with E-state index in [0.29, 0.717) is 0 Å². The summed E-state index contributed by atoms with van der Waals surface area (Å²) in [7, 11) is 0. The Morgan fingerprint density at radius 1 is 1.60 bits per heavy atom. The maximum absolute atomic E-state index is 3.14. The Bertz CT molecular complexity index is 161. The summed E-state index contributed by atoms with van der Waals surface area (Å²) in [6.45, 7) is 6.62. The van der Waals surface area contributed by atoms with Crippen molar-refractivity contribution < 1.29 is 0 Å². The molecule has 0 radical (unpaired) electrons. The molecule has 10 heavy (non-hydrogen) atoms. The first-order valence-corrected chi connectivity index (χ1v) is 4.13. The minimum absolute atomic E-state index is 0.742. The first kappa shape index (κ1) is 7.63. The fraction of sp³-hybridized carbons (Fsp3) is 0.700. The highest BCUT2D eigenvalue weighted by molar-refractivity contribution is 4.96. The average molecular weight is 136 g/mol. The lowest BCUT2D eigenvalue weighted by Crippen LogP contribution is -1.91. The van der Waals surface area contributed by atoms with Gasteiger partial charge in [0.15, 0.2) is 0 Å². The minimum Gasteiger partial charge on any atom is -0.130 e. The summed E-state index contributed by atoms with van der Waals surface area (Å²) in [6.07, 6.45) is 5.58. The quantitative estimate of drug-likeness (QED) is 0.512. The summed E-state index contributed by atoms with van der Waals surface area (Å²) < 4.78 is 0. The molecular weight excluding hydrogens is 120 g/mol. The van der Waals surface area contributed by atoms with Crippen LogP contribution in [0.15, 0.2) is 17.9 Å². The summed E-state index contributed by atoms with van der Waals surface area (Å²) >= 11 is 0. The van der Waals surface area contributed by atoms with Crippen molar-refractivity contribution in [2.75, 3.05) is 0 Å². The Hall–Kier alpha value is -0.480. The van der Waals surface area contributed by atoms with Gasteiger partial charge in [-0.2, -0.15) is 0 Å². The highest BCUT2D eigenvalue weighted by Gasteiger charge is 2.35. The fourth-order valence-corrected chi connectivity index (χ4v) is 1.46. The molecular formula is C10H16. The molecule has 0 amide bonds. The zero-order valence-corrected chi connectivity index (χ0v) is 7.09. The van der Waals surface area contributed by atoms with E-state index in [9.17, 15) is 0 Å². The highest BCUT2D eigenvalue weighted by Crippen LogP contribution is 2.43. The minimum atomic E-state index is 0.742. The second kappa shape index (κ2) is 3.07. The lowest BCUT2D eigenvalue weighted by Gasteiger charge is -1.99. The van der Waals surface area contributed by atoms with Gasteiger partial charge in [-0.15, -0.1) is 5.73 Å². The van der Waals surface area contributed by atoms with Crippen molar-refractivity contribution in [2.45, 2.75) is 27.2 Å². The first-order chi connectivity index (χ1) is 4.75. The molecule has 1 aliphatic rings. The van der Waals surface area contributed by atoms with Crippen LogP contribution in [0.3, 0.4) is 0 Å². The van der Waals surface area contributed by atoms with Gasteiger partial charge >= 0.3 is 0 Å². The standard InChI is InChI=1S/C10H16/c1-4-5-6-8(2)10-7-9(10)3/h4,6,8-10H,7H2,1-3H3. The monoisotopic (exact) mass is 136 g/mol. The molecule has 0 nitrogen and oxygen atoms in total. The molecule has 0 heterocycles.